The number of carbonyl (C=O) groups excluding carboxylic acids is 2. The van der Waals surface area contributed by atoms with Crippen molar-refractivity contribution in [3.63, 3.8) is 0 Å². The summed E-state index contributed by atoms with van der Waals surface area (Å²) in [4.78, 5) is 31.8. The number of halogens is 1. The fourth-order valence-electron chi connectivity index (χ4n) is 3.57. The van der Waals surface area contributed by atoms with Crippen LogP contribution in [0.3, 0.4) is 0 Å². The SMILES string of the molecule is COCCn1c(=NC(=O)CSCC(=O)N2CCc3ccccc32)sc2cc(Cl)ccc21. The summed E-state index contributed by atoms with van der Waals surface area (Å²) in [6.45, 7) is 1.79. The molecule has 0 bridgehead atoms. The number of benzene rings is 2. The Labute approximate surface area is 193 Å². The molecule has 9 heteroatoms. The van der Waals surface area contributed by atoms with E-state index < -0.39 is 0 Å². The molecule has 1 aliphatic heterocycles. The van der Waals surface area contributed by atoms with E-state index in [0.29, 0.717) is 29.5 Å². The standard InChI is InChI=1S/C22H22ClN3O3S2/c1-29-11-10-26-18-7-6-16(23)12-19(18)31-22(26)24-20(27)13-30-14-21(28)25-9-8-15-4-2-3-5-17(15)25/h2-7,12H,8-11,13-14H2,1H3. The Morgan fingerprint density at radius 3 is 2.90 bits per heavy atom. The minimum absolute atomic E-state index is 0.0226. The largest absolute Gasteiger partial charge is 0.383 e. The first-order chi connectivity index (χ1) is 15.1. The number of rotatable bonds is 7. The van der Waals surface area contributed by atoms with Crippen LogP contribution in [0.1, 0.15) is 5.56 Å². The summed E-state index contributed by atoms with van der Waals surface area (Å²) in [6.07, 6.45) is 0.873. The van der Waals surface area contributed by atoms with E-state index in [4.69, 9.17) is 16.3 Å². The first-order valence-corrected chi connectivity index (χ1v) is 12.2. The highest BCUT2D eigenvalue weighted by molar-refractivity contribution is 8.00. The van der Waals surface area contributed by atoms with Crippen LogP contribution in [-0.4, -0.2) is 48.1 Å². The number of aromatic nitrogens is 1. The van der Waals surface area contributed by atoms with E-state index in [1.54, 1.807) is 12.0 Å². The fraction of sp³-hybridized carbons (Fsp3) is 0.318. The van der Waals surface area contributed by atoms with Crippen LogP contribution in [0.4, 0.5) is 5.69 Å². The van der Waals surface area contributed by atoms with Gasteiger partial charge >= 0.3 is 0 Å². The van der Waals surface area contributed by atoms with Crippen molar-refractivity contribution in [2.45, 2.75) is 13.0 Å². The van der Waals surface area contributed by atoms with Crippen LogP contribution in [0.5, 0.6) is 0 Å². The maximum Gasteiger partial charge on any atom is 0.258 e. The van der Waals surface area contributed by atoms with Crippen molar-refractivity contribution < 1.29 is 14.3 Å². The molecular weight excluding hydrogens is 454 g/mol. The zero-order valence-electron chi connectivity index (χ0n) is 17.0. The quantitative estimate of drug-likeness (QED) is 0.522. The summed E-state index contributed by atoms with van der Waals surface area (Å²) in [6, 6.07) is 13.6. The van der Waals surface area contributed by atoms with E-state index in [0.717, 1.165) is 22.3 Å². The van der Waals surface area contributed by atoms with Crippen LogP contribution in [0.25, 0.3) is 10.2 Å². The Hall–Kier alpha value is -2.13. The molecule has 2 amide bonds. The zero-order valence-corrected chi connectivity index (χ0v) is 19.4. The number of amides is 2. The third-order valence-electron chi connectivity index (χ3n) is 5.02. The number of hydrogen-bond donors (Lipinski definition) is 0. The molecule has 0 fully saturated rings. The Balaban J connectivity index is 1.42. The number of fused-ring (bicyclic) bond motifs is 2. The predicted octanol–water partition coefficient (Wildman–Crippen LogP) is 3.75. The van der Waals surface area contributed by atoms with E-state index in [2.05, 4.69) is 11.1 Å². The van der Waals surface area contributed by atoms with Gasteiger partial charge in [-0.3, -0.25) is 9.59 Å². The minimum Gasteiger partial charge on any atom is -0.383 e. The van der Waals surface area contributed by atoms with E-state index >= 15 is 0 Å². The van der Waals surface area contributed by atoms with Crippen molar-refractivity contribution in [2.24, 2.45) is 4.99 Å². The number of hydrogen-bond acceptors (Lipinski definition) is 5. The summed E-state index contributed by atoms with van der Waals surface area (Å²) in [5.41, 5.74) is 3.14. The third-order valence-corrected chi connectivity index (χ3v) is 7.20. The van der Waals surface area contributed by atoms with Gasteiger partial charge in [0.15, 0.2) is 4.80 Å². The molecule has 31 heavy (non-hydrogen) atoms. The summed E-state index contributed by atoms with van der Waals surface area (Å²) < 4.78 is 8.13. The van der Waals surface area contributed by atoms with Crippen LogP contribution >= 0.6 is 34.7 Å². The van der Waals surface area contributed by atoms with Crippen molar-refractivity contribution >= 4 is 62.4 Å². The lowest BCUT2D eigenvalue weighted by Crippen LogP contribution is -2.30. The lowest BCUT2D eigenvalue weighted by molar-refractivity contribution is -0.116. The second-order valence-electron chi connectivity index (χ2n) is 7.06. The molecule has 0 saturated carbocycles. The Morgan fingerprint density at radius 1 is 1.23 bits per heavy atom. The molecule has 1 aromatic heterocycles. The average Bonchev–Trinajstić information content (AvgIpc) is 3.33. The molecule has 2 heterocycles. The first kappa shape index (κ1) is 22.1. The number of para-hydroxylation sites is 1. The molecule has 0 spiro atoms. The highest BCUT2D eigenvalue weighted by Gasteiger charge is 2.23. The van der Waals surface area contributed by atoms with Gasteiger partial charge in [-0.15, -0.1) is 11.8 Å². The summed E-state index contributed by atoms with van der Waals surface area (Å²) >= 11 is 8.83. The molecule has 3 aromatic rings. The Bertz CT molecular complexity index is 1190. The average molecular weight is 476 g/mol. The van der Waals surface area contributed by atoms with Crippen LogP contribution in [0.15, 0.2) is 47.5 Å². The number of methoxy groups -OCH3 is 1. The molecule has 0 aliphatic carbocycles. The fourth-order valence-corrected chi connectivity index (χ4v) is 5.59. The van der Waals surface area contributed by atoms with Gasteiger partial charge in [-0.05, 0) is 36.2 Å². The van der Waals surface area contributed by atoms with Gasteiger partial charge in [0.25, 0.3) is 5.91 Å². The monoisotopic (exact) mass is 475 g/mol. The molecule has 4 rings (SSSR count). The number of thioether (sulfide) groups is 1. The second kappa shape index (κ2) is 9.99. The molecular formula is C22H22ClN3O3S2. The van der Waals surface area contributed by atoms with Gasteiger partial charge in [-0.2, -0.15) is 4.99 Å². The van der Waals surface area contributed by atoms with E-state index in [-0.39, 0.29) is 23.3 Å². The first-order valence-electron chi connectivity index (χ1n) is 9.88. The van der Waals surface area contributed by atoms with Crippen LogP contribution in [0, 0.1) is 0 Å². The predicted molar refractivity (Wildman–Crippen MR) is 127 cm³/mol. The van der Waals surface area contributed by atoms with Crippen molar-refractivity contribution in [3.8, 4) is 0 Å². The van der Waals surface area contributed by atoms with E-state index in [1.807, 2.05) is 41.0 Å². The van der Waals surface area contributed by atoms with Gasteiger partial charge in [0.2, 0.25) is 5.91 Å². The topological polar surface area (TPSA) is 63.9 Å². The highest BCUT2D eigenvalue weighted by Crippen LogP contribution is 2.28. The van der Waals surface area contributed by atoms with Crippen molar-refractivity contribution in [2.75, 3.05) is 36.7 Å². The van der Waals surface area contributed by atoms with Crippen LogP contribution in [-0.2, 0) is 27.3 Å². The molecule has 0 radical (unpaired) electrons. The number of ether oxygens (including phenoxy) is 1. The molecule has 2 aromatic carbocycles. The Morgan fingerprint density at radius 2 is 2.06 bits per heavy atom. The van der Waals surface area contributed by atoms with Gasteiger partial charge in [0.1, 0.15) is 0 Å². The lowest BCUT2D eigenvalue weighted by Gasteiger charge is -2.16. The molecule has 6 nitrogen and oxygen atoms in total. The smallest absolute Gasteiger partial charge is 0.258 e. The second-order valence-corrected chi connectivity index (χ2v) is 9.49. The number of thiazole rings is 1. The minimum atomic E-state index is -0.261. The zero-order chi connectivity index (χ0) is 21.8. The highest BCUT2D eigenvalue weighted by atomic mass is 35.5. The molecule has 1 aliphatic rings. The maximum absolute atomic E-state index is 12.6. The molecule has 0 N–H and O–H groups in total. The number of nitrogens with zero attached hydrogens (tertiary/aromatic N) is 3. The van der Waals surface area contributed by atoms with Crippen LogP contribution < -0.4 is 9.70 Å². The molecule has 0 atom stereocenters. The summed E-state index contributed by atoms with van der Waals surface area (Å²) in [5, 5.41) is 0.642. The van der Waals surface area contributed by atoms with Crippen molar-refractivity contribution in [1.82, 2.24) is 4.57 Å². The van der Waals surface area contributed by atoms with E-state index in [1.165, 1.54) is 28.7 Å². The molecule has 0 unspecified atom stereocenters. The Kier molecular flexibility index (Phi) is 7.12. The molecule has 0 saturated heterocycles. The van der Waals surface area contributed by atoms with Gasteiger partial charge in [-0.25, -0.2) is 0 Å². The summed E-state index contributed by atoms with van der Waals surface area (Å²) in [5.74, 6) is 0.166. The summed E-state index contributed by atoms with van der Waals surface area (Å²) in [7, 11) is 1.64. The van der Waals surface area contributed by atoms with Gasteiger partial charge in [0.05, 0.1) is 28.3 Å². The van der Waals surface area contributed by atoms with Gasteiger partial charge in [0, 0.05) is 30.9 Å². The normalized spacial score (nSPS) is 13.7. The van der Waals surface area contributed by atoms with Gasteiger partial charge < -0.3 is 14.2 Å². The van der Waals surface area contributed by atoms with Crippen molar-refractivity contribution in [3.05, 3.63) is 57.9 Å². The van der Waals surface area contributed by atoms with E-state index in [9.17, 15) is 9.59 Å². The number of carbonyl (C=O) groups is 2. The van der Waals surface area contributed by atoms with Gasteiger partial charge in [-0.1, -0.05) is 41.1 Å². The number of anilines is 1. The lowest BCUT2D eigenvalue weighted by atomic mass is 10.2. The van der Waals surface area contributed by atoms with Crippen LogP contribution in [0.2, 0.25) is 5.02 Å². The third kappa shape index (κ3) is 5.03. The maximum atomic E-state index is 12.6. The molecule has 162 valence electrons. The van der Waals surface area contributed by atoms with Crippen molar-refractivity contribution in [1.29, 1.82) is 0 Å².